The van der Waals surface area contributed by atoms with Crippen molar-refractivity contribution >= 4 is 6.72 Å². The fourth-order valence-electron chi connectivity index (χ4n) is 3.06. The van der Waals surface area contributed by atoms with Gasteiger partial charge in [-0.3, -0.25) is 4.90 Å². The molecule has 0 bridgehead atoms. The number of piperazine rings is 1. The predicted molar refractivity (Wildman–Crippen MR) is 68.4 cm³/mol. The fraction of sp³-hybridized carbons (Fsp3) is 0.923. The van der Waals surface area contributed by atoms with Gasteiger partial charge < -0.3 is 4.90 Å². The van der Waals surface area contributed by atoms with Crippen LogP contribution in [-0.2, 0) is 0 Å². The van der Waals surface area contributed by atoms with Crippen LogP contribution in [0.5, 0.6) is 0 Å². The molecule has 0 amide bonds. The fourth-order valence-corrected chi connectivity index (χ4v) is 3.06. The van der Waals surface area contributed by atoms with Crippen molar-refractivity contribution in [2.45, 2.75) is 37.8 Å². The molecular formula is C13H26N3+. The summed E-state index contributed by atoms with van der Waals surface area (Å²) in [5.41, 5.74) is 0. The monoisotopic (exact) mass is 224 g/mol. The highest BCUT2D eigenvalue weighted by Gasteiger charge is 2.31. The van der Waals surface area contributed by atoms with Gasteiger partial charge in [0, 0.05) is 45.1 Å². The molecular weight excluding hydrogens is 198 g/mol. The molecule has 92 valence electrons. The molecule has 0 N–H and O–H groups in total. The standard InChI is InChI=1S/C13H26N3/c1-14(2)12-5-4-6-13(11-12)16-9-7-15(3)8-10-16/h12-13H,1,4-11H2,2-3H3/q+1. The Hall–Kier alpha value is -0.410. The number of hydrogen-bond donors (Lipinski definition) is 0. The van der Waals surface area contributed by atoms with E-state index in [2.05, 4.69) is 35.2 Å². The molecule has 2 atom stereocenters. The van der Waals surface area contributed by atoms with Gasteiger partial charge in [0.25, 0.3) is 0 Å². The lowest BCUT2D eigenvalue weighted by molar-refractivity contribution is -0.535. The Balaban J connectivity index is 1.87. The maximum Gasteiger partial charge on any atom is 0.153 e. The van der Waals surface area contributed by atoms with Crippen LogP contribution in [0.4, 0.5) is 0 Å². The Morgan fingerprint density at radius 2 is 1.81 bits per heavy atom. The minimum absolute atomic E-state index is 0.707. The third kappa shape index (κ3) is 2.83. The number of hydrogen-bond acceptors (Lipinski definition) is 2. The van der Waals surface area contributed by atoms with Crippen LogP contribution in [0.2, 0.25) is 0 Å². The minimum atomic E-state index is 0.707. The van der Waals surface area contributed by atoms with Gasteiger partial charge in [-0.25, -0.2) is 4.58 Å². The molecule has 3 heteroatoms. The van der Waals surface area contributed by atoms with Crippen LogP contribution in [0, 0.1) is 0 Å². The summed E-state index contributed by atoms with van der Waals surface area (Å²) >= 11 is 0. The molecule has 0 aromatic rings. The molecule has 1 saturated carbocycles. The molecule has 1 aliphatic carbocycles. The Morgan fingerprint density at radius 1 is 1.12 bits per heavy atom. The van der Waals surface area contributed by atoms with Crippen molar-refractivity contribution in [3.8, 4) is 0 Å². The van der Waals surface area contributed by atoms with Crippen molar-refractivity contribution in [1.82, 2.24) is 9.80 Å². The lowest BCUT2D eigenvalue weighted by Gasteiger charge is -2.40. The average Bonchev–Trinajstić information content (AvgIpc) is 2.30. The molecule has 1 aliphatic heterocycles. The highest BCUT2D eigenvalue weighted by Crippen LogP contribution is 2.25. The first-order valence-corrected chi connectivity index (χ1v) is 6.62. The summed E-state index contributed by atoms with van der Waals surface area (Å²) in [4.78, 5) is 5.14. The van der Waals surface area contributed by atoms with Gasteiger partial charge in [-0.2, -0.15) is 0 Å². The second-order valence-electron chi connectivity index (χ2n) is 5.57. The molecule has 2 unspecified atom stereocenters. The summed E-state index contributed by atoms with van der Waals surface area (Å²) in [6, 6.07) is 1.52. The quantitative estimate of drug-likeness (QED) is 0.509. The molecule has 2 rings (SSSR count). The van der Waals surface area contributed by atoms with Gasteiger partial charge in [-0.05, 0) is 19.9 Å². The topological polar surface area (TPSA) is 9.49 Å². The van der Waals surface area contributed by atoms with Crippen molar-refractivity contribution in [1.29, 1.82) is 0 Å². The van der Waals surface area contributed by atoms with Gasteiger partial charge in [-0.1, -0.05) is 0 Å². The Kier molecular flexibility index (Phi) is 3.98. The highest BCUT2D eigenvalue weighted by atomic mass is 15.3. The molecule has 2 fully saturated rings. The molecule has 3 nitrogen and oxygen atoms in total. The van der Waals surface area contributed by atoms with Crippen LogP contribution in [0.3, 0.4) is 0 Å². The number of likely N-dealkylation sites (N-methyl/N-ethyl adjacent to an activating group) is 1. The zero-order valence-electron chi connectivity index (χ0n) is 10.9. The largest absolute Gasteiger partial charge is 0.304 e. The van der Waals surface area contributed by atoms with Gasteiger partial charge in [0.05, 0.1) is 0 Å². The molecule has 0 spiro atoms. The second-order valence-corrected chi connectivity index (χ2v) is 5.57. The van der Waals surface area contributed by atoms with E-state index in [9.17, 15) is 0 Å². The first-order valence-electron chi connectivity index (χ1n) is 6.62. The SMILES string of the molecule is C=[N+](C)C1CCCC(N2CCN(C)CC2)C1. The average molecular weight is 224 g/mol. The van der Waals surface area contributed by atoms with Crippen LogP contribution >= 0.6 is 0 Å². The van der Waals surface area contributed by atoms with Crippen LogP contribution < -0.4 is 0 Å². The van der Waals surface area contributed by atoms with Crippen molar-refractivity contribution in [2.24, 2.45) is 0 Å². The lowest BCUT2D eigenvalue weighted by Crippen LogP contribution is -2.51. The first-order chi connectivity index (χ1) is 7.66. The summed E-state index contributed by atoms with van der Waals surface area (Å²) < 4.78 is 2.17. The first kappa shape index (κ1) is 12.1. The predicted octanol–water partition coefficient (Wildman–Crippen LogP) is 0.888. The van der Waals surface area contributed by atoms with E-state index < -0.39 is 0 Å². The molecule has 2 aliphatic rings. The summed E-state index contributed by atoms with van der Waals surface area (Å²) in [7, 11) is 4.35. The van der Waals surface area contributed by atoms with E-state index in [0.717, 1.165) is 6.04 Å². The van der Waals surface area contributed by atoms with E-state index in [1.54, 1.807) is 0 Å². The lowest BCUT2D eigenvalue weighted by atomic mass is 9.89. The Morgan fingerprint density at radius 3 is 2.44 bits per heavy atom. The summed E-state index contributed by atoms with van der Waals surface area (Å²) in [6.45, 7) is 9.05. The molecule has 16 heavy (non-hydrogen) atoms. The summed E-state index contributed by atoms with van der Waals surface area (Å²) in [5.74, 6) is 0. The molecule has 1 heterocycles. The Bertz CT molecular complexity index is 244. The normalized spacial score (nSPS) is 33.9. The smallest absolute Gasteiger partial charge is 0.153 e. The van der Waals surface area contributed by atoms with E-state index in [1.165, 1.54) is 51.9 Å². The second kappa shape index (κ2) is 5.28. The highest BCUT2D eigenvalue weighted by molar-refractivity contribution is 5.14. The maximum atomic E-state index is 4.06. The molecule has 0 aromatic carbocycles. The van der Waals surface area contributed by atoms with Gasteiger partial charge in [0.15, 0.2) is 6.04 Å². The van der Waals surface area contributed by atoms with Crippen LogP contribution in [0.1, 0.15) is 25.7 Å². The third-order valence-corrected chi connectivity index (χ3v) is 4.30. The molecule has 0 aromatic heterocycles. The number of rotatable bonds is 2. The van der Waals surface area contributed by atoms with Crippen molar-refractivity contribution in [3.63, 3.8) is 0 Å². The summed E-state index contributed by atoms with van der Waals surface area (Å²) in [5, 5.41) is 0. The van der Waals surface area contributed by atoms with E-state index in [0.29, 0.717) is 6.04 Å². The van der Waals surface area contributed by atoms with Gasteiger partial charge in [-0.15, -0.1) is 0 Å². The van der Waals surface area contributed by atoms with Gasteiger partial charge in [0.1, 0.15) is 13.8 Å². The van der Waals surface area contributed by atoms with Crippen LogP contribution in [0.25, 0.3) is 0 Å². The zero-order chi connectivity index (χ0) is 11.5. The van der Waals surface area contributed by atoms with Crippen molar-refractivity contribution in [3.05, 3.63) is 0 Å². The van der Waals surface area contributed by atoms with Crippen LogP contribution in [0.15, 0.2) is 0 Å². The maximum absolute atomic E-state index is 4.06. The number of nitrogens with zero attached hydrogens (tertiary/aromatic N) is 3. The Labute approximate surface area is 99.7 Å². The minimum Gasteiger partial charge on any atom is -0.304 e. The van der Waals surface area contributed by atoms with E-state index in [-0.39, 0.29) is 0 Å². The molecule has 0 radical (unpaired) electrons. The van der Waals surface area contributed by atoms with Gasteiger partial charge in [0.2, 0.25) is 0 Å². The zero-order valence-corrected chi connectivity index (χ0v) is 10.9. The van der Waals surface area contributed by atoms with E-state index in [1.807, 2.05) is 0 Å². The van der Waals surface area contributed by atoms with Crippen molar-refractivity contribution < 1.29 is 4.58 Å². The van der Waals surface area contributed by atoms with Crippen molar-refractivity contribution in [2.75, 3.05) is 40.3 Å². The van der Waals surface area contributed by atoms with Gasteiger partial charge >= 0.3 is 0 Å². The van der Waals surface area contributed by atoms with E-state index >= 15 is 0 Å². The summed E-state index contributed by atoms with van der Waals surface area (Å²) in [6.07, 6.45) is 5.43. The van der Waals surface area contributed by atoms with Crippen LogP contribution in [-0.4, -0.2) is 73.5 Å². The van der Waals surface area contributed by atoms with E-state index in [4.69, 9.17) is 0 Å². The molecule has 1 saturated heterocycles. The third-order valence-electron chi connectivity index (χ3n) is 4.30.